The van der Waals surface area contributed by atoms with Crippen molar-refractivity contribution in [2.24, 2.45) is 5.73 Å². The van der Waals surface area contributed by atoms with Crippen LogP contribution in [0.1, 0.15) is 16.8 Å². The number of carbonyl (C=O) groups excluding carboxylic acids is 1. The summed E-state index contributed by atoms with van der Waals surface area (Å²) in [5.74, 6) is -0.519. The molecule has 0 saturated carbocycles. The number of benzene rings is 2. The van der Waals surface area contributed by atoms with E-state index in [2.05, 4.69) is 11.2 Å². The minimum atomic E-state index is -1.58. The molecule has 2 N–H and O–H groups in total. The number of hydrogen-bond acceptors (Lipinski definition) is 6. The molecule has 0 radical (unpaired) electrons. The Morgan fingerprint density at radius 2 is 1.79 bits per heavy atom. The minimum absolute atomic E-state index is 0.0289. The predicted molar refractivity (Wildman–Crippen MR) is 105 cm³/mol. The normalized spacial score (nSPS) is 17.8. The molecule has 7 heteroatoms. The highest BCUT2D eigenvalue weighted by atomic mass is 16.5. The summed E-state index contributed by atoms with van der Waals surface area (Å²) >= 11 is 0. The van der Waals surface area contributed by atoms with Crippen LogP contribution >= 0.6 is 0 Å². The van der Waals surface area contributed by atoms with Crippen LogP contribution in [0.3, 0.4) is 0 Å². The van der Waals surface area contributed by atoms with E-state index in [9.17, 15) is 10.1 Å². The van der Waals surface area contributed by atoms with Crippen LogP contribution < -0.4 is 10.5 Å². The second-order valence-corrected chi connectivity index (χ2v) is 6.57. The second kappa shape index (κ2) is 6.84. The van der Waals surface area contributed by atoms with Crippen LogP contribution in [-0.2, 0) is 14.9 Å². The van der Waals surface area contributed by atoms with Gasteiger partial charge in [0.1, 0.15) is 11.6 Å². The summed E-state index contributed by atoms with van der Waals surface area (Å²) in [6, 6.07) is 20.3. The van der Waals surface area contributed by atoms with Gasteiger partial charge in [-0.25, -0.2) is 4.68 Å². The molecule has 3 aromatic rings. The summed E-state index contributed by atoms with van der Waals surface area (Å²) in [5.41, 5.74) is 6.78. The molecule has 0 fully saturated rings. The van der Waals surface area contributed by atoms with Crippen molar-refractivity contribution in [1.82, 2.24) is 9.78 Å². The van der Waals surface area contributed by atoms with E-state index in [1.165, 1.54) is 7.11 Å². The first kappa shape index (κ1) is 18.3. The first-order valence-corrected chi connectivity index (χ1v) is 8.93. The fourth-order valence-electron chi connectivity index (χ4n) is 3.83. The molecule has 1 unspecified atom stereocenters. The molecule has 0 aliphatic carbocycles. The van der Waals surface area contributed by atoms with E-state index in [4.69, 9.17) is 15.2 Å². The number of rotatable bonds is 3. The van der Waals surface area contributed by atoms with Crippen molar-refractivity contribution in [3.63, 3.8) is 0 Å². The Morgan fingerprint density at radius 1 is 1.17 bits per heavy atom. The van der Waals surface area contributed by atoms with Crippen molar-refractivity contribution >= 4 is 5.97 Å². The lowest BCUT2D eigenvalue weighted by Gasteiger charge is -2.35. The highest BCUT2D eigenvalue weighted by molar-refractivity contribution is 5.95. The number of nitrogens with two attached hydrogens (primary N) is 1. The molecule has 0 spiro atoms. The summed E-state index contributed by atoms with van der Waals surface area (Å²) in [6.07, 6.45) is 0. The van der Waals surface area contributed by atoms with E-state index < -0.39 is 11.4 Å². The molecule has 2 heterocycles. The molecule has 0 bridgehead atoms. The summed E-state index contributed by atoms with van der Waals surface area (Å²) < 4.78 is 12.6. The number of carbonyl (C=O) groups is 1. The van der Waals surface area contributed by atoms with Gasteiger partial charge in [-0.2, -0.15) is 10.4 Å². The van der Waals surface area contributed by atoms with Crippen LogP contribution in [0.15, 0.2) is 72.1 Å². The number of hydrogen-bond donors (Lipinski definition) is 1. The zero-order chi connectivity index (χ0) is 20.6. The van der Waals surface area contributed by atoms with Gasteiger partial charge in [0.25, 0.3) is 0 Å². The second-order valence-electron chi connectivity index (χ2n) is 6.57. The number of esters is 1. The van der Waals surface area contributed by atoms with Crippen molar-refractivity contribution in [1.29, 1.82) is 5.26 Å². The summed E-state index contributed by atoms with van der Waals surface area (Å²) in [5, 5.41) is 14.5. The first-order valence-electron chi connectivity index (χ1n) is 8.93. The molecular formula is C22H18N4O3. The van der Waals surface area contributed by atoms with Crippen molar-refractivity contribution < 1.29 is 14.3 Å². The molecule has 7 nitrogen and oxygen atoms in total. The monoisotopic (exact) mass is 386 g/mol. The van der Waals surface area contributed by atoms with Gasteiger partial charge >= 0.3 is 5.97 Å². The summed E-state index contributed by atoms with van der Waals surface area (Å²) in [4.78, 5) is 13.3. The third-order valence-corrected chi connectivity index (χ3v) is 5.03. The maximum atomic E-state index is 13.3. The zero-order valence-electron chi connectivity index (χ0n) is 15.9. The standard InChI is InChI=1S/C22H18N4O3/c1-14-18-20(26(25-14)16-11-7-4-8-12-16)29-19(24)17(13-23)22(18,21(27)28-2)15-9-5-3-6-10-15/h3-12H,24H2,1-2H3. The lowest BCUT2D eigenvalue weighted by atomic mass is 9.68. The number of methoxy groups -OCH3 is 1. The average molecular weight is 386 g/mol. The van der Waals surface area contributed by atoms with Gasteiger partial charge in [0.15, 0.2) is 5.41 Å². The van der Waals surface area contributed by atoms with Crippen LogP contribution in [0, 0.1) is 18.3 Å². The molecule has 144 valence electrons. The van der Waals surface area contributed by atoms with Crippen LogP contribution in [0.25, 0.3) is 5.69 Å². The number of ether oxygens (including phenoxy) is 2. The number of para-hydroxylation sites is 1. The highest BCUT2D eigenvalue weighted by Crippen LogP contribution is 2.50. The number of nitriles is 1. The Morgan fingerprint density at radius 3 is 2.38 bits per heavy atom. The van der Waals surface area contributed by atoms with Crippen LogP contribution in [0.2, 0.25) is 0 Å². The van der Waals surface area contributed by atoms with Crippen molar-refractivity contribution in [3.8, 4) is 17.6 Å². The Kier molecular flexibility index (Phi) is 4.32. The van der Waals surface area contributed by atoms with Gasteiger partial charge in [-0.15, -0.1) is 0 Å². The van der Waals surface area contributed by atoms with E-state index in [0.29, 0.717) is 16.8 Å². The van der Waals surface area contributed by atoms with Gasteiger partial charge in [0.05, 0.1) is 24.1 Å². The molecule has 2 aromatic carbocycles. The third-order valence-electron chi connectivity index (χ3n) is 5.03. The van der Waals surface area contributed by atoms with Gasteiger partial charge in [-0.05, 0) is 24.6 Å². The maximum absolute atomic E-state index is 13.3. The smallest absolute Gasteiger partial charge is 0.326 e. The largest absolute Gasteiger partial charge is 0.468 e. The first-order chi connectivity index (χ1) is 14.1. The SMILES string of the molecule is COC(=O)C1(c2ccccc2)C(C#N)=C(N)Oc2c1c(C)nn2-c1ccccc1. The van der Waals surface area contributed by atoms with E-state index in [0.717, 1.165) is 5.69 Å². The number of aromatic nitrogens is 2. The quantitative estimate of drug-likeness (QED) is 0.694. The Bertz CT molecular complexity index is 1160. The van der Waals surface area contributed by atoms with Gasteiger partial charge < -0.3 is 15.2 Å². The van der Waals surface area contributed by atoms with E-state index in [1.54, 1.807) is 35.9 Å². The van der Waals surface area contributed by atoms with Crippen LogP contribution in [0.4, 0.5) is 0 Å². The Labute approximate surface area is 167 Å². The topological polar surface area (TPSA) is 103 Å². The van der Waals surface area contributed by atoms with Crippen molar-refractivity contribution in [2.45, 2.75) is 12.3 Å². The minimum Gasteiger partial charge on any atom is -0.468 e. The van der Waals surface area contributed by atoms with E-state index >= 15 is 0 Å². The van der Waals surface area contributed by atoms with Gasteiger partial charge in [0.2, 0.25) is 11.8 Å². The van der Waals surface area contributed by atoms with Crippen LogP contribution in [-0.4, -0.2) is 22.9 Å². The summed E-state index contributed by atoms with van der Waals surface area (Å²) in [6.45, 7) is 1.76. The molecule has 1 atom stereocenters. The molecule has 1 aliphatic rings. The molecule has 4 rings (SSSR count). The fourth-order valence-corrected chi connectivity index (χ4v) is 3.83. The number of fused-ring (bicyclic) bond motifs is 1. The van der Waals surface area contributed by atoms with Crippen molar-refractivity contribution in [3.05, 3.63) is 88.9 Å². The van der Waals surface area contributed by atoms with Gasteiger partial charge in [0, 0.05) is 0 Å². The highest BCUT2D eigenvalue weighted by Gasteiger charge is 2.55. The Balaban J connectivity index is 2.14. The molecule has 1 aromatic heterocycles. The number of aryl methyl sites for hydroxylation is 1. The lowest BCUT2D eigenvalue weighted by molar-refractivity contribution is -0.144. The number of nitrogens with zero attached hydrogens (tertiary/aromatic N) is 3. The summed E-state index contributed by atoms with van der Waals surface area (Å²) in [7, 11) is 1.28. The molecular weight excluding hydrogens is 368 g/mol. The van der Waals surface area contributed by atoms with Crippen molar-refractivity contribution in [2.75, 3.05) is 7.11 Å². The maximum Gasteiger partial charge on any atom is 0.326 e. The average Bonchev–Trinajstić information content (AvgIpc) is 3.09. The fraction of sp³-hybridized carbons (Fsp3) is 0.136. The van der Waals surface area contributed by atoms with Gasteiger partial charge in [-0.1, -0.05) is 48.5 Å². The van der Waals surface area contributed by atoms with Gasteiger partial charge in [-0.3, -0.25) is 4.79 Å². The lowest BCUT2D eigenvalue weighted by Crippen LogP contribution is -2.44. The molecule has 0 amide bonds. The van der Waals surface area contributed by atoms with E-state index in [1.807, 2.05) is 36.4 Å². The molecule has 0 saturated heterocycles. The van der Waals surface area contributed by atoms with E-state index in [-0.39, 0.29) is 17.3 Å². The molecule has 1 aliphatic heterocycles. The zero-order valence-corrected chi connectivity index (χ0v) is 15.9. The molecule has 29 heavy (non-hydrogen) atoms. The predicted octanol–water partition coefficient (Wildman–Crippen LogP) is 2.73. The van der Waals surface area contributed by atoms with Crippen LogP contribution in [0.5, 0.6) is 5.88 Å². The third kappa shape index (κ3) is 2.50. The Hall–Kier alpha value is -4.05.